The predicted octanol–water partition coefficient (Wildman–Crippen LogP) is 3.43. The van der Waals surface area contributed by atoms with Gasteiger partial charge in [-0.05, 0) is 25.5 Å². The summed E-state index contributed by atoms with van der Waals surface area (Å²) in [4.78, 5) is 4.61. The summed E-state index contributed by atoms with van der Waals surface area (Å²) in [7, 11) is 0. The molecule has 0 radical (unpaired) electrons. The van der Waals surface area contributed by atoms with Crippen LogP contribution in [-0.2, 0) is 12.4 Å². The molecule has 2 aromatic heterocycles. The van der Waals surface area contributed by atoms with Gasteiger partial charge in [0.1, 0.15) is 17.3 Å². The number of fused-ring (bicyclic) bond motifs is 1. The number of aromatic nitrogens is 3. The molecule has 3 rings (SSSR count). The zero-order valence-corrected chi connectivity index (χ0v) is 11.6. The number of imidazole rings is 1. The van der Waals surface area contributed by atoms with Crippen LogP contribution in [0.15, 0.2) is 28.8 Å². The lowest BCUT2D eigenvalue weighted by Crippen LogP contribution is -2.03. The average molecular weight is 276 g/mol. The number of aryl methyl sites for hydroxylation is 2. The monoisotopic (exact) mass is 275 g/mol. The van der Waals surface area contributed by atoms with Crippen molar-refractivity contribution >= 4 is 22.6 Å². The van der Waals surface area contributed by atoms with Crippen molar-refractivity contribution in [1.82, 2.24) is 14.7 Å². The van der Waals surface area contributed by atoms with E-state index in [1.54, 1.807) is 0 Å². The van der Waals surface area contributed by atoms with E-state index in [1.165, 1.54) is 0 Å². The van der Waals surface area contributed by atoms with Gasteiger partial charge in [-0.15, -0.1) is 11.6 Å². The van der Waals surface area contributed by atoms with Gasteiger partial charge in [0, 0.05) is 6.07 Å². The molecule has 0 atom stereocenters. The van der Waals surface area contributed by atoms with E-state index in [9.17, 15) is 0 Å². The van der Waals surface area contributed by atoms with Gasteiger partial charge in [-0.2, -0.15) is 0 Å². The maximum Gasteiger partial charge on any atom is 0.133 e. The maximum atomic E-state index is 6.00. The minimum absolute atomic E-state index is 0.380. The summed E-state index contributed by atoms with van der Waals surface area (Å²) in [5.74, 6) is 2.04. The van der Waals surface area contributed by atoms with Crippen molar-refractivity contribution in [2.75, 3.05) is 0 Å². The highest BCUT2D eigenvalue weighted by molar-refractivity contribution is 6.16. The second-order valence-electron chi connectivity index (χ2n) is 4.62. The molecule has 98 valence electrons. The van der Waals surface area contributed by atoms with Crippen LogP contribution in [0.4, 0.5) is 0 Å². The normalized spacial score (nSPS) is 11.3. The Hall–Kier alpha value is -1.81. The van der Waals surface area contributed by atoms with E-state index >= 15 is 0 Å². The first-order chi connectivity index (χ1) is 9.19. The van der Waals surface area contributed by atoms with Crippen molar-refractivity contribution in [3.63, 3.8) is 0 Å². The van der Waals surface area contributed by atoms with Gasteiger partial charge in [-0.1, -0.05) is 17.3 Å². The first-order valence-electron chi connectivity index (χ1n) is 6.12. The lowest BCUT2D eigenvalue weighted by Gasteiger charge is -2.04. The van der Waals surface area contributed by atoms with E-state index in [0.29, 0.717) is 12.4 Å². The maximum absolute atomic E-state index is 6.00. The van der Waals surface area contributed by atoms with Gasteiger partial charge >= 0.3 is 0 Å². The van der Waals surface area contributed by atoms with Gasteiger partial charge in [0.05, 0.1) is 23.5 Å². The van der Waals surface area contributed by atoms with Crippen molar-refractivity contribution in [2.24, 2.45) is 0 Å². The summed E-state index contributed by atoms with van der Waals surface area (Å²) in [6.45, 7) is 4.56. The summed E-state index contributed by atoms with van der Waals surface area (Å²) in [5, 5.41) is 4.03. The van der Waals surface area contributed by atoms with Gasteiger partial charge in [-0.25, -0.2) is 4.98 Å². The summed E-state index contributed by atoms with van der Waals surface area (Å²) >= 11 is 6.00. The molecule has 0 N–H and O–H groups in total. The first kappa shape index (κ1) is 12.2. The Morgan fingerprint density at radius 3 is 2.84 bits per heavy atom. The minimum atomic E-state index is 0.380. The van der Waals surface area contributed by atoms with Crippen molar-refractivity contribution in [3.8, 4) is 0 Å². The number of hydrogen-bond acceptors (Lipinski definition) is 3. The van der Waals surface area contributed by atoms with Gasteiger partial charge in [0.15, 0.2) is 0 Å². The Balaban J connectivity index is 2.13. The van der Waals surface area contributed by atoms with Crippen LogP contribution in [0.1, 0.15) is 22.8 Å². The summed E-state index contributed by atoms with van der Waals surface area (Å²) in [6.07, 6.45) is 0. The fraction of sp³-hybridized carbons (Fsp3) is 0.286. The van der Waals surface area contributed by atoms with E-state index in [1.807, 2.05) is 19.1 Å². The van der Waals surface area contributed by atoms with E-state index < -0.39 is 0 Å². The second-order valence-corrected chi connectivity index (χ2v) is 4.89. The molecule has 0 unspecified atom stereocenters. The van der Waals surface area contributed by atoms with E-state index in [4.69, 9.17) is 16.1 Å². The van der Waals surface area contributed by atoms with Gasteiger partial charge in [0.25, 0.3) is 0 Å². The van der Waals surface area contributed by atoms with Crippen LogP contribution in [0.3, 0.4) is 0 Å². The van der Waals surface area contributed by atoms with Crippen molar-refractivity contribution in [3.05, 3.63) is 47.1 Å². The van der Waals surface area contributed by atoms with Crippen LogP contribution in [0.2, 0.25) is 0 Å². The standard InChI is InChI=1S/C14H14ClN3O/c1-9-4-3-5-12-14(9)16-13(7-15)18(12)8-11-6-10(2)19-17-11/h3-6H,7-8H2,1-2H3. The van der Waals surface area contributed by atoms with Gasteiger partial charge in [0.2, 0.25) is 0 Å². The summed E-state index contributed by atoms with van der Waals surface area (Å²) < 4.78 is 7.20. The van der Waals surface area contributed by atoms with E-state index in [-0.39, 0.29) is 0 Å². The second kappa shape index (κ2) is 4.70. The molecule has 0 aliphatic heterocycles. The largest absolute Gasteiger partial charge is 0.361 e. The zero-order chi connectivity index (χ0) is 13.4. The van der Waals surface area contributed by atoms with Crippen LogP contribution in [0.5, 0.6) is 0 Å². The third-order valence-corrected chi connectivity index (χ3v) is 3.42. The average Bonchev–Trinajstić information content (AvgIpc) is 2.96. The highest BCUT2D eigenvalue weighted by Gasteiger charge is 2.13. The van der Waals surface area contributed by atoms with Gasteiger partial charge < -0.3 is 9.09 Å². The number of halogens is 1. The molecule has 0 saturated carbocycles. The highest BCUT2D eigenvalue weighted by atomic mass is 35.5. The molecule has 0 amide bonds. The Morgan fingerprint density at radius 1 is 1.32 bits per heavy atom. The molecule has 2 heterocycles. The number of hydrogen-bond donors (Lipinski definition) is 0. The molecule has 0 saturated heterocycles. The van der Waals surface area contributed by atoms with Crippen LogP contribution < -0.4 is 0 Å². The Morgan fingerprint density at radius 2 is 2.16 bits per heavy atom. The lowest BCUT2D eigenvalue weighted by atomic mass is 10.2. The van der Waals surface area contributed by atoms with Crippen molar-refractivity contribution < 1.29 is 4.52 Å². The number of alkyl halides is 1. The molecular weight excluding hydrogens is 262 g/mol. The SMILES string of the molecule is Cc1cc(Cn2c(CCl)nc3c(C)cccc32)no1. The van der Waals surface area contributed by atoms with Crippen LogP contribution in [0.25, 0.3) is 11.0 Å². The lowest BCUT2D eigenvalue weighted by molar-refractivity contribution is 0.389. The van der Waals surface area contributed by atoms with Crippen molar-refractivity contribution in [2.45, 2.75) is 26.3 Å². The van der Waals surface area contributed by atoms with Gasteiger partial charge in [-0.3, -0.25) is 0 Å². The molecule has 0 spiro atoms. The van der Waals surface area contributed by atoms with Crippen LogP contribution in [-0.4, -0.2) is 14.7 Å². The van der Waals surface area contributed by atoms with Crippen LogP contribution in [0, 0.1) is 13.8 Å². The number of benzene rings is 1. The van der Waals surface area contributed by atoms with Crippen LogP contribution >= 0.6 is 11.6 Å². The molecule has 3 aromatic rings. The molecule has 0 bridgehead atoms. The highest BCUT2D eigenvalue weighted by Crippen LogP contribution is 2.22. The topological polar surface area (TPSA) is 43.9 Å². The fourth-order valence-electron chi connectivity index (χ4n) is 2.27. The quantitative estimate of drug-likeness (QED) is 0.688. The third kappa shape index (κ3) is 2.12. The minimum Gasteiger partial charge on any atom is -0.361 e. The number of para-hydroxylation sites is 1. The third-order valence-electron chi connectivity index (χ3n) is 3.18. The molecule has 0 aliphatic rings. The molecule has 0 fully saturated rings. The number of nitrogens with zero attached hydrogens (tertiary/aromatic N) is 3. The first-order valence-corrected chi connectivity index (χ1v) is 6.65. The Bertz CT molecular complexity index is 729. The van der Waals surface area contributed by atoms with Crippen molar-refractivity contribution in [1.29, 1.82) is 0 Å². The zero-order valence-electron chi connectivity index (χ0n) is 10.9. The summed E-state index contributed by atoms with van der Waals surface area (Å²) in [5.41, 5.74) is 4.11. The Labute approximate surface area is 116 Å². The number of rotatable bonds is 3. The van der Waals surface area contributed by atoms with E-state index in [2.05, 4.69) is 33.8 Å². The predicted molar refractivity (Wildman–Crippen MR) is 74.4 cm³/mol. The molecule has 19 heavy (non-hydrogen) atoms. The molecule has 5 heteroatoms. The molecule has 0 aliphatic carbocycles. The Kier molecular flexibility index (Phi) is 3.03. The fourth-order valence-corrected chi connectivity index (χ4v) is 2.47. The molecule has 1 aromatic carbocycles. The van der Waals surface area contributed by atoms with E-state index in [0.717, 1.165) is 33.9 Å². The molecule has 4 nitrogen and oxygen atoms in total. The summed E-state index contributed by atoms with van der Waals surface area (Å²) in [6, 6.07) is 8.07. The smallest absolute Gasteiger partial charge is 0.133 e. The molecular formula is C14H14ClN3O.